The first-order chi connectivity index (χ1) is 17.4. The molecule has 1 aliphatic heterocycles. The summed E-state index contributed by atoms with van der Waals surface area (Å²) in [5.41, 5.74) is 2.16. The Bertz CT molecular complexity index is 1480. The van der Waals surface area contributed by atoms with Gasteiger partial charge in [-0.3, -0.25) is 0 Å². The predicted octanol–water partition coefficient (Wildman–Crippen LogP) is 6.52. The van der Waals surface area contributed by atoms with Gasteiger partial charge in [-0.15, -0.1) is 10.2 Å². The maximum atomic E-state index is 15.3. The fraction of sp³-hybridized carbons (Fsp3) is 0.192. The third-order valence-corrected chi connectivity index (χ3v) is 5.94. The van der Waals surface area contributed by atoms with Gasteiger partial charge in [0.05, 0.1) is 29.7 Å². The minimum Gasteiger partial charge on any atom is -0.491 e. The number of hydrogen-bond donors (Lipinski definition) is 0. The van der Waals surface area contributed by atoms with Gasteiger partial charge in [0.25, 0.3) is 0 Å². The van der Waals surface area contributed by atoms with E-state index in [2.05, 4.69) is 10.2 Å². The molecule has 5 rings (SSSR count). The summed E-state index contributed by atoms with van der Waals surface area (Å²) in [5, 5.41) is 17.7. The van der Waals surface area contributed by atoms with Crippen LogP contribution < -0.4 is 9.47 Å². The van der Waals surface area contributed by atoms with E-state index in [-0.39, 0.29) is 51.1 Å². The monoisotopic (exact) mass is 525 g/mol. The van der Waals surface area contributed by atoms with Crippen molar-refractivity contribution >= 4 is 23.2 Å². The van der Waals surface area contributed by atoms with Crippen molar-refractivity contribution in [3.05, 3.63) is 87.0 Å². The first kappa shape index (κ1) is 24.1. The Hall–Kier alpha value is -3.64. The average Bonchev–Trinajstić information content (AvgIpc) is 3.58. The van der Waals surface area contributed by atoms with Crippen molar-refractivity contribution in [3.63, 3.8) is 0 Å². The standard InChI is InChI=1S/C26H18Cl2FN3O4/c1-14-6-18(33-12-20-13-34-20)3-4-21(14)26-32-31-23(36-26)9-16-2-5-22(28)25(24(16)29)35-19-8-15(11-30)7-17(27)10-19/h2-8,10,20H,9,12-13H2,1H3/t20-/m1/s1. The molecule has 1 aromatic heterocycles. The summed E-state index contributed by atoms with van der Waals surface area (Å²) in [7, 11) is 0. The summed E-state index contributed by atoms with van der Waals surface area (Å²) in [6.45, 7) is 3.15. The molecule has 0 amide bonds. The van der Waals surface area contributed by atoms with Gasteiger partial charge in [-0.05, 0) is 55.0 Å². The van der Waals surface area contributed by atoms with Crippen molar-refractivity contribution in [2.45, 2.75) is 19.4 Å². The van der Waals surface area contributed by atoms with Crippen LogP contribution in [0.2, 0.25) is 10.0 Å². The van der Waals surface area contributed by atoms with Gasteiger partial charge in [0.1, 0.15) is 24.2 Å². The maximum absolute atomic E-state index is 15.3. The number of epoxide rings is 1. The summed E-state index contributed by atoms with van der Waals surface area (Å²) in [6, 6.07) is 14.9. The lowest BCUT2D eigenvalue weighted by atomic mass is 10.1. The smallest absolute Gasteiger partial charge is 0.248 e. The predicted molar refractivity (Wildman–Crippen MR) is 130 cm³/mol. The molecule has 0 bridgehead atoms. The van der Waals surface area contributed by atoms with Gasteiger partial charge in [-0.25, -0.2) is 4.39 Å². The second-order valence-electron chi connectivity index (χ2n) is 8.16. The zero-order chi connectivity index (χ0) is 25.2. The summed E-state index contributed by atoms with van der Waals surface area (Å²) in [4.78, 5) is 0. The van der Waals surface area contributed by atoms with Gasteiger partial charge in [-0.2, -0.15) is 5.26 Å². The van der Waals surface area contributed by atoms with Crippen LogP contribution in [-0.4, -0.2) is 29.5 Å². The van der Waals surface area contributed by atoms with Crippen molar-refractivity contribution in [2.75, 3.05) is 13.2 Å². The highest BCUT2D eigenvalue weighted by atomic mass is 35.5. The molecule has 2 heterocycles. The van der Waals surface area contributed by atoms with Gasteiger partial charge in [-0.1, -0.05) is 29.3 Å². The van der Waals surface area contributed by atoms with Crippen molar-refractivity contribution in [1.82, 2.24) is 10.2 Å². The lowest BCUT2D eigenvalue weighted by Gasteiger charge is -2.12. The molecule has 10 heteroatoms. The molecule has 0 spiro atoms. The van der Waals surface area contributed by atoms with Gasteiger partial charge in [0, 0.05) is 16.1 Å². The number of hydrogen-bond acceptors (Lipinski definition) is 7. The van der Waals surface area contributed by atoms with Gasteiger partial charge in [0.15, 0.2) is 11.6 Å². The number of benzene rings is 3. The molecular weight excluding hydrogens is 508 g/mol. The molecule has 1 fully saturated rings. The van der Waals surface area contributed by atoms with E-state index >= 15 is 4.39 Å². The average molecular weight is 526 g/mol. The van der Waals surface area contributed by atoms with Crippen LogP contribution in [-0.2, 0) is 11.2 Å². The van der Waals surface area contributed by atoms with Crippen molar-refractivity contribution in [3.8, 4) is 34.8 Å². The largest absolute Gasteiger partial charge is 0.491 e. The molecule has 0 saturated carbocycles. The summed E-state index contributed by atoms with van der Waals surface area (Å²) in [6.07, 6.45) is 0.190. The number of halogens is 3. The van der Waals surface area contributed by atoms with E-state index in [1.807, 2.05) is 31.2 Å². The molecule has 36 heavy (non-hydrogen) atoms. The highest BCUT2D eigenvalue weighted by Crippen LogP contribution is 2.36. The number of ether oxygens (including phenoxy) is 3. The molecule has 0 unspecified atom stereocenters. The molecule has 0 N–H and O–H groups in total. The van der Waals surface area contributed by atoms with E-state index < -0.39 is 5.82 Å². The Morgan fingerprint density at radius 3 is 2.69 bits per heavy atom. The minimum absolute atomic E-state index is 0.0208. The van der Waals surface area contributed by atoms with Crippen molar-refractivity contribution < 1.29 is 23.0 Å². The second-order valence-corrected chi connectivity index (χ2v) is 9.00. The highest BCUT2D eigenvalue weighted by molar-refractivity contribution is 6.32. The topological polar surface area (TPSA) is 93.7 Å². The van der Waals surface area contributed by atoms with Gasteiger partial charge in [0.2, 0.25) is 11.8 Å². The third-order valence-electron chi connectivity index (χ3n) is 5.42. The normalized spacial score (nSPS) is 14.4. The van der Waals surface area contributed by atoms with E-state index in [1.165, 1.54) is 30.3 Å². The van der Waals surface area contributed by atoms with Crippen LogP contribution in [0.3, 0.4) is 0 Å². The van der Waals surface area contributed by atoms with E-state index in [0.29, 0.717) is 12.5 Å². The number of nitriles is 1. The Morgan fingerprint density at radius 1 is 1.11 bits per heavy atom. The van der Waals surface area contributed by atoms with Crippen LogP contribution in [0, 0.1) is 24.1 Å². The van der Waals surface area contributed by atoms with Crippen LogP contribution in [0.1, 0.15) is 22.6 Å². The Morgan fingerprint density at radius 2 is 1.94 bits per heavy atom. The van der Waals surface area contributed by atoms with E-state index in [0.717, 1.165) is 23.5 Å². The zero-order valence-electron chi connectivity index (χ0n) is 18.9. The molecule has 1 atom stereocenters. The Labute approximate surface area is 215 Å². The van der Waals surface area contributed by atoms with Gasteiger partial charge < -0.3 is 18.6 Å². The van der Waals surface area contributed by atoms with Crippen LogP contribution in [0.5, 0.6) is 17.2 Å². The molecule has 1 saturated heterocycles. The SMILES string of the molecule is Cc1cc(OC[C@@H]2CO2)ccc1-c1nnc(Cc2ccc(Cl)c(Oc3cc(Cl)cc(C#N)c3)c2F)o1. The summed E-state index contributed by atoms with van der Waals surface area (Å²) >= 11 is 12.2. The lowest BCUT2D eigenvalue weighted by molar-refractivity contribution is 0.263. The summed E-state index contributed by atoms with van der Waals surface area (Å²) in [5.74, 6) is 0.570. The van der Waals surface area contributed by atoms with Crippen LogP contribution in [0.4, 0.5) is 4.39 Å². The molecular formula is C26H18Cl2FN3O4. The van der Waals surface area contributed by atoms with E-state index in [9.17, 15) is 0 Å². The van der Waals surface area contributed by atoms with Gasteiger partial charge >= 0.3 is 0 Å². The lowest BCUT2D eigenvalue weighted by Crippen LogP contribution is -2.04. The van der Waals surface area contributed by atoms with Crippen LogP contribution in [0.15, 0.2) is 52.9 Å². The molecule has 7 nitrogen and oxygen atoms in total. The number of aromatic nitrogens is 2. The molecule has 3 aromatic carbocycles. The summed E-state index contributed by atoms with van der Waals surface area (Å²) < 4.78 is 37.7. The molecule has 4 aromatic rings. The van der Waals surface area contributed by atoms with Crippen molar-refractivity contribution in [1.29, 1.82) is 5.26 Å². The zero-order valence-corrected chi connectivity index (χ0v) is 20.4. The fourth-order valence-corrected chi connectivity index (χ4v) is 3.93. The van der Waals surface area contributed by atoms with E-state index in [4.69, 9.17) is 47.1 Å². The maximum Gasteiger partial charge on any atom is 0.248 e. The molecule has 1 aliphatic rings. The Kier molecular flexibility index (Phi) is 6.79. The minimum atomic E-state index is -0.682. The molecule has 0 radical (unpaired) electrons. The van der Waals surface area contributed by atoms with Crippen molar-refractivity contribution in [2.24, 2.45) is 0 Å². The number of rotatable bonds is 8. The number of aryl methyl sites for hydroxylation is 1. The quantitative estimate of drug-likeness (QED) is 0.241. The van der Waals surface area contributed by atoms with Crippen LogP contribution in [0.25, 0.3) is 11.5 Å². The molecule has 0 aliphatic carbocycles. The van der Waals surface area contributed by atoms with Crippen LogP contribution >= 0.6 is 23.2 Å². The first-order valence-corrected chi connectivity index (χ1v) is 11.7. The fourth-order valence-electron chi connectivity index (χ4n) is 3.52. The van der Waals surface area contributed by atoms with E-state index in [1.54, 1.807) is 0 Å². The first-order valence-electron chi connectivity index (χ1n) is 10.9. The second kappa shape index (κ2) is 10.2. The number of nitrogens with zero attached hydrogens (tertiary/aromatic N) is 3. The third kappa shape index (κ3) is 5.44. The Balaban J connectivity index is 1.34. The highest BCUT2D eigenvalue weighted by Gasteiger charge is 2.23. The molecule has 182 valence electrons.